The molecule has 1 aliphatic rings. The lowest BCUT2D eigenvalue weighted by molar-refractivity contribution is 0.103. The van der Waals surface area contributed by atoms with Crippen molar-refractivity contribution in [3.05, 3.63) is 59.2 Å². The number of ether oxygens (including phenoxy) is 1. The fraction of sp³-hybridized carbons (Fsp3) is 0.188. The van der Waals surface area contributed by atoms with Crippen LogP contribution in [-0.4, -0.2) is 11.9 Å². The van der Waals surface area contributed by atoms with Crippen molar-refractivity contribution >= 4 is 11.5 Å². The smallest absolute Gasteiger partial charge is 0.193 e. The maximum Gasteiger partial charge on any atom is 0.193 e. The van der Waals surface area contributed by atoms with E-state index in [1.54, 1.807) is 24.3 Å². The molecule has 19 heavy (non-hydrogen) atoms. The largest absolute Gasteiger partial charge is 0.490 e. The van der Waals surface area contributed by atoms with Gasteiger partial charge in [-0.3, -0.25) is 4.79 Å². The van der Waals surface area contributed by atoms with Crippen LogP contribution in [-0.2, 0) is 6.42 Å². The molecule has 1 atom stereocenters. The van der Waals surface area contributed by atoms with Gasteiger partial charge >= 0.3 is 0 Å². The lowest BCUT2D eigenvalue weighted by Crippen LogP contribution is -2.05. The Bertz CT molecular complexity index is 632. The normalized spacial score (nSPS) is 16.8. The van der Waals surface area contributed by atoms with Crippen molar-refractivity contribution < 1.29 is 9.53 Å². The Morgan fingerprint density at radius 3 is 2.58 bits per heavy atom. The van der Waals surface area contributed by atoms with E-state index in [0.717, 1.165) is 17.7 Å². The van der Waals surface area contributed by atoms with Crippen LogP contribution in [0.25, 0.3) is 0 Å². The van der Waals surface area contributed by atoms with E-state index in [1.807, 2.05) is 25.1 Å². The first kappa shape index (κ1) is 11.8. The van der Waals surface area contributed by atoms with E-state index < -0.39 is 0 Å². The molecule has 0 fully saturated rings. The average molecular weight is 253 g/mol. The van der Waals surface area contributed by atoms with Crippen LogP contribution in [0, 0.1) is 0 Å². The van der Waals surface area contributed by atoms with Crippen LogP contribution in [0.3, 0.4) is 0 Å². The molecule has 2 aromatic carbocycles. The molecular weight excluding hydrogens is 238 g/mol. The second kappa shape index (κ2) is 4.43. The van der Waals surface area contributed by atoms with Gasteiger partial charge < -0.3 is 10.5 Å². The summed E-state index contributed by atoms with van der Waals surface area (Å²) in [4.78, 5) is 12.4. The Kier molecular flexibility index (Phi) is 2.75. The molecule has 2 aromatic rings. The summed E-state index contributed by atoms with van der Waals surface area (Å²) in [7, 11) is 0. The van der Waals surface area contributed by atoms with Crippen LogP contribution in [0.15, 0.2) is 42.5 Å². The SMILES string of the molecule is CC1Cc2cc(C(=O)c3ccc(N)cc3)ccc2O1. The van der Waals surface area contributed by atoms with Crippen molar-refractivity contribution in [2.24, 2.45) is 0 Å². The second-order valence-corrected chi connectivity index (χ2v) is 4.91. The Balaban J connectivity index is 1.93. The van der Waals surface area contributed by atoms with Gasteiger partial charge in [0.05, 0.1) is 0 Å². The van der Waals surface area contributed by atoms with E-state index in [9.17, 15) is 4.79 Å². The van der Waals surface area contributed by atoms with Crippen LogP contribution >= 0.6 is 0 Å². The number of carbonyl (C=O) groups excluding carboxylic acids is 1. The molecule has 96 valence electrons. The predicted octanol–water partition coefficient (Wildman–Crippen LogP) is 2.82. The first-order valence-electron chi connectivity index (χ1n) is 6.33. The van der Waals surface area contributed by atoms with Crippen molar-refractivity contribution in [2.75, 3.05) is 5.73 Å². The highest BCUT2D eigenvalue weighted by atomic mass is 16.5. The molecule has 0 aliphatic carbocycles. The average Bonchev–Trinajstić information content (AvgIpc) is 2.77. The Morgan fingerprint density at radius 1 is 1.16 bits per heavy atom. The van der Waals surface area contributed by atoms with E-state index in [1.165, 1.54) is 0 Å². The minimum Gasteiger partial charge on any atom is -0.490 e. The van der Waals surface area contributed by atoms with Crippen LogP contribution in [0.1, 0.15) is 28.4 Å². The molecule has 2 N–H and O–H groups in total. The minimum absolute atomic E-state index is 0.0161. The molecule has 3 rings (SSSR count). The maximum absolute atomic E-state index is 12.4. The molecule has 0 saturated heterocycles. The summed E-state index contributed by atoms with van der Waals surface area (Å²) in [6.45, 7) is 2.03. The van der Waals surface area contributed by atoms with Crippen molar-refractivity contribution in [2.45, 2.75) is 19.4 Å². The van der Waals surface area contributed by atoms with Gasteiger partial charge in [0.15, 0.2) is 5.78 Å². The molecule has 3 heteroatoms. The molecule has 0 aromatic heterocycles. The first-order valence-corrected chi connectivity index (χ1v) is 6.33. The summed E-state index contributed by atoms with van der Waals surface area (Å²) in [5.74, 6) is 0.906. The van der Waals surface area contributed by atoms with E-state index in [-0.39, 0.29) is 11.9 Å². The zero-order valence-electron chi connectivity index (χ0n) is 10.7. The van der Waals surface area contributed by atoms with E-state index >= 15 is 0 Å². The van der Waals surface area contributed by atoms with Crippen LogP contribution < -0.4 is 10.5 Å². The van der Waals surface area contributed by atoms with Crippen molar-refractivity contribution in [1.82, 2.24) is 0 Å². The van der Waals surface area contributed by atoms with E-state index in [4.69, 9.17) is 10.5 Å². The quantitative estimate of drug-likeness (QED) is 0.661. The van der Waals surface area contributed by atoms with Crippen LogP contribution in [0.5, 0.6) is 5.75 Å². The molecule has 0 bridgehead atoms. The van der Waals surface area contributed by atoms with Gasteiger partial charge in [-0.2, -0.15) is 0 Å². The van der Waals surface area contributed by atoms with Crippen LogP contribution in [0.2, 0.25) is 0 Å². The second-order valence-electron chi connectivity index (χ2n) is 4.91. The van der Waals surface area contributed by atoms with Gasteiger partial charge in [-0.05, 0) is 55.0 Å². The Hall–Kier alpha value is -2.29. The summed E-state index contributed by atoms with van der Waals surface area (Å²) in [6, 6.07) is 12.6. The van der Waals surface area contributed by atoms with Crippen molar-refractivity contribution in [1.29, 1.82) is 0 Å². The molecule has 0 radical (unpaired) electrons. The molecule has 0 amide bonds. The molecule has 0 spiro atoms. The van der Waals surface area contributed by atoms with E-state index in [2.05, 4.69) is 0 Å². The maximum atomic E-state index is 12.4. The fourth-order valence-corrected chi connectivity index (χ4v) is 2.36. The summed E-state index contributed by atoms with van der Waals surface area (Å²) >= 11 is 0. The molecule has 1 aliphatic heterocycles. The third-order valence-corrected chi connectivity index (χ3v) is 3.33. The van der Waals surface area contributed by atoms with Gasteiger partial charge in [-0.25, -0.2) is 0 Å². The predicted molar refractivity (Wildman–Crippen MR) is 74.5 cm³/mol. The molecule has 1 unspecified atom stereocenters. The number of hydrogen-bond acceptors (Lipinski definition) is 3. The van der Waals surface area contributed by atoms with Gasteiger partial charge in [0.2, 0.25) is 0 Å². The van der Waals surface area contributed by atoms with Crippen molar-refractivity contribution in [3.63, 3.8) is 0 Å². The molecule has 0 saturated carbocycles. The van der Waals surface area contributed by atoms with Gasteiger partial charge in [0, 0.05) is 23.2 Å². The third-order valence-electron chi connectivity index (χ3n) is 3.33. The van der Waals surface area contributed by atoms with Crippen LogP contribution in [0.4, 0.5) is 5.69 Å². The lowest BCUT2D eigenvalue weighted by atomic mass is 10.00. The summed E-state index contributed by atoms with van der Waals surface area (Å²) < 4.78 is 5.64. The summed E-state index contributed by atoms with van der Waals surface area (Å²) in [5, 5.41) is 0. The number of nitrogens with two attached hydrogens (primary N) is 1. The van der Waals surface area contributed by atoms with Crippen molar-refractivity contribution in [3.8, 4) is 5.75 Å². The number of ketones is 1. The van der Waals surface area contributed by atoms with Gasteiger partial charge in [0.1, 0.15) is 11.9 Å². The lowest BCUT2D eigenvalue weighted by Gasteiger charge is -2.04. The van der Waals surface area contributed by atoms with Gasteiger partial charge in [-0.1, -0.05) is 0 Å². The number of benzene rings is 2. The highest BCUT2D eigenvalue weighted by Crippen LogP contribution is 2.30. The summed E-state index contributed by atoms with van der Waals surface area (Å²) in [5.41, 5.74) is 8.74. The standard InChI is InChI=1S/C16H15NO2/c1-10-8-13-9-12(4-7-15(13)19-10)16(18)11-2-5-14(17)6-3-11/h2-7,9-10H,8,17H2,1H3. The zero-order chi connectivity index (χ0) is 13.4. The number of fused-ring (bicyclic) bond motifs is 1. The van der Waals surface area contributed by atoms with E-state index in [0.29, 0.717) is 16.8 Å². The fourth-order valence-electron chi connectivity index (χ4n) is 2.36. The topological polar surface area (TPSA) is 52.3 Å². The number of anilines is 1. The number of nitrogen functional groups attached to an aromatic ring is 1. The molecular formula is C16H15NO2. The Morgan fingerprint density at radius 2 is 1.84 bits per heavy atom. The highest BCUT2D eigenvalue weighted by molar-refractivity contribution is 6.09. The number of hydrogen-bond donors (Lipinski definition) is 1. The van der Waals surface area contributed by atoms with Gasteiger partial charge in [0.25, 0.3) is 0 Å². The molecule has 3 nitrogen and oxygen atoms in total. The zero-order valence-corrected chi connectivity index (χ0v) is 10.7. The minimum atomic E-state index is 0.0161. The number of rotatable bonds is 2. The summed E-state index contributed by atoms with van der Waals surface area (Å²) in [6.07, 6.45) is 1.05. The Labute approximate surface area is 112 Å². The first-order chi connectivity index (χ1) is 9.13. The highest BCUT2D eigenvalue weighted by Gasteiger charge is 2.20. The van der Waals surface area contributed by atoms with Gasteiger partial charge in [-0.15, -0.1) is 0 Å². The monoisotopic (exact) mass is 253 g/mol. The third kappa shape index (κ3) is 2.19. The number of carbonyl (C=O) groups is 1. The molecule has 1 heterocycles.